The van der Waals surface area contributed by atoms with E-state index < -0.39 is 0 Å². The lowest BCUT2D eigenvalue weighted by molar-refractivity contribution is 0.112. The molecule has 0 saturated heterocycles. The quantitative estimate of drug-likeness (QED) is 0.790. The average molecular weight is 275 g/mol. The first-order valence-corrected chi connectivity index (χ1v) is 7.02. The Hall–Kier alpha value is -1.41. The predicted molar refractivity (Wildman–Crippen MR) is 81.2 cm³/mol. The van der Waals surface area contributed by atoms with Crippen LogP contribution >= 0.6 is 0 Å². The topological polar surface area (TPSA) is 62.3 Å². The van der Waals surface area contributed by atoms with Crippen LogP contribution in [-0.2, 0) is 4.74 Å². The molecule has 20 heavy (non-hydrogen) atoms. The molecule has 0 spiro atoms. The standard InChI is InChI=1S/C16H25N3O/c1-13-6-4-7-15(12-13)16(14(2)18)19(9-5-8-17)10-11-20-3/h4,6-7,12,14,16H,5,9-11,18H2,1-3H3. The van der Waals surface area contributed by atoms with Crippen molar-refractivity contribution in [2.75, 3.05) is 26.8 Å². The van der Waals surface area contributed by atoms with E-state index in [0.29, 0.717) is 19.6 Å². The molecule has 1 rings (SSSR count). The molecule has 0 heterocycles. The second-order valence-corrected chi connectivity index (χ2v) is 5.15. The van der Waals surface area contributed by atoms with Gasteiger partial charge in [0.05, 0.1) is 12.7 Å². The molecular weight excluding hydrogens is 250 g/mol. The van der Waals surface area contributed by atoms with Crippen molar-refractivity contribution in [1.29, 1.82) is 5.26 Å². The highest BCUT2D eigenvalue weighted by Gasteiger charge is 2.23. The van der Waals surface area contributed by atoms with Crippen LogP contribution in [0.3, 0.4) is 0 Å². The Kier molecular flexibility index (Phi) is 7.24. The van der Waals surface area contributed by atoms with Crippen molar-refractivity contribution in [1.82, 2.24) is 4.90 Å². The highest BCUT2D eigenvalue weighted by molar-refractivity contribution is 5.26. The number of nitrogens with two attached hydrogens (primary N) is 1. The zero-order valence-electron chi connectivity index (χ0n) is 12.7. The molecule has 0 saturated carbocycles. The van der Waals surface area contributed by atoms with Gasteiger partial charge < -0.3 is 10.5 Å². The summed E-state index contributed by atoms with van der Waals surface area (Å²) in [4.78, 5) is 2.24. The molecular formula is C16H25N3O. The number of hydrogen-bond donors (Lipinski definition) is 1. The Morgan fingerprint density at radius 1 is 1.40 bits per heavy atom. The smallest absolute Gasteiger partial charge is 0.0635 e. The summed E-state index contributed by atoms with van der Waals surface area (Å²) in [6.45, 7) is 6.22. The van der Waals surface area contributed by atoms with Gasteiger partial charge in [0.2, 0.25) is 0 Å². The van der Waals surface area contributed by atoms with Crippen molar-refractivity contribution in [3.05, 3.63) is 35.4 Å². The third-order valence-electron chi connectivity index (χ3n) is 3.37. The molecule has 0 aliphatic rings. The van der Waals surface area contributed by atoms with E-state index in [2.05, 4.69) is 42.2 Å². The minimum absolute atomic E-state index is 0.00708. The Balaban J connectivity index is 2.97. The van der Waals surface area contributed by atoms with Gasteiger partial charge in [-0.25, -0.2) is 0 Å². The van der Waals surface area contributed by atoms with E-state index in [1.807, 2.05) is 6.92 Å². The lowest BCUT2D eigenvalue weighted by Crippen LogP contribution is -2.41. The number of nitriles is 1. The average Bonchev–Trinajstić information content (AvgIpc) is 2.41. The van der Waals surface area contributed by atoms with Gasteiger partial charge in [0, 0.05) is 38.7 Å². The first-order valence-electron chi connectivity index (χ1n) is 7.02. The molecule has 1 aromatic carbocycles. The maximum absolute atomic E-state index is 8.84. The second kappa shape index (κ2) is 8.70. The third kappa shape index (κ3) is 4.93. The fraction of sp³-hybridized carbons (Fsp3) is 0.562. The van der Waals surface area contributed by atoms with Crippen molar-refractivity contribution in [3.8, 4) is 6.07 Å². The summed E-state index contributed by atoms with van der Waals surface area (Å²) in [5, 5.41) is 8.84. The summed E-state index contributed by atoms with van der Waals surface area (Å²) in [6.07, 6.45) is 0.499. The summed E-state index contributed by atoms with van der Waals surface area (Å²) in [5.74, 6) is 0. The SMILES string of the molecule is COCCN(CCC#N)C(c1cccc(C)c1)C(C)N. The van der Waals surface area contributed by atoms with Gasteiger partial charge in [-0.05, 0) is 19.4 Å². The van der Waals surface area contributed by atoms with Crippen LogP contribution < -0.4 is 5.73 Å². The van der Waals surface area contributed by atoms with Crippen molar-refractivity contribution in [3.63, 3.8) is 0 Å². The Bertz CT molecular complexity index is 440. The van der Waals surface area contributed by atoms with Crippen LogP contribution in [0.4, 0.5) is 0 Å². The molecule has 2 unspecified atom stereocenters. The van der Waals surface area contributed by atoms with Crippen molar-refractivity contribution < 1.29 is 4.74 Å². The Morgan fingerprint density at radius 3 is 2.70 bits per heavy atom. The van der Waals surface area contributed by atoms with Crippen LogP contribution in [0.2, 0.25) is 0 Å². The number of aryl methyl sites for hydroxylation is 1. The molecule has 0 amide bonds. The van der Waals surface area contributed by atoms with E-state index in [1.54, 1.807) is 7.11 Å². The Labute approximate surface area is 122 Å². The van der Waals surface area contributed by atoms with Gasteiger partial charge in [-0.15, -0.1) is 0 Å². The first-order chi connectivity index (χ1) is 9.60. The van der Waals surface area contributed by atoms with Crippen LogP contribution in [0.15, 0.2) is 24.3 Å². The third-order valence-corrected chi connectivity index (χ3v) is 3.37. The molecule has 2 N–H and O–H groups in total. The number of rotatable bonds is 8. The predicted octanol–water partition coefficient (Wildman–Crippen LogP) is 2.25. The summed E-state index contributed by atoms with van der Waals surface area (Å²) in [6, 6.07) is 10.7. The lowest BCUT2D eigenvalue weighted by Gasteiger charge is -2.34. The molecule has 0 fully saturated rings. The number of benzene rings is 1. The molecule has 4 nitrogen and oxygen atoms in total. The van der Waals surface area contributed by atoms with Crippen LogP contribution in [0.1, 0.15) is 30.5 Å². The molecule has 2 atom stereocenters. The van der Waals surface area contributed by atoms with E-state index >= 15 is 0 Å². The van der Waals surface area contributed by atoms with Crippen molar-refractivity contribution in [2.24, 2.45) is 5.73 Å². The van der Waals surface area contributed by atoms with Crippen LogP contribution in [0, 0.1) is 18.3 Å². The largest absolute Gasteiger partial charge is 0.383 e. The fourth-order valence-corrected chi connectivity index (χ4v) is 2.49. The zero-order valence-corrected chi connectivity index (χ0v) is 12.7. The Morgan fingerprint density at radius 2 is 2.15 bits per heavy atom. The van der Waals surface area contributed by atoms with Gasteiger partial charge in [0.15, 0.2) is 0 Å². The molecule has 0 aromatic heterocycles. The van der Waals surface area contributed by atoms with E-state index in [9.17, 15) is 0 Å². The second-order valence-electron chi connectivity index (χ2n) is 5.15. The van der Waals surface area contributed by atoms with Gasteiger partial charge in [-0.2, -0.15) is 5.26 Å². The highest BCUT2D eigenvalue weighted by atomic mass is 16.5. The van der Waals surface area contributed by atoms with Crippen LogP contribution in [-0.4, -0.2) is 37.7 Å². The van der Waals surface area contributed by atoms with Gasteiger partial charge in [-0.3, -0.25) is 4.90 Å². The van der Waals surface area contributed by atoms with Gasteiger partial charge >= 0.3 is 0 Å². The summed E-state index contributed by atoms with van der Waals surface area (Å²) < 4.78 is 5.18. The summed E-state index contributed by atoms with van der Waals surface area (Å²) >= 11 is 0. The van der Waals surface area contributed by atoms with Gasteiger partial charge in [0.1, 0.15) is 0 Å². The van der Waals surface area contributed by atoms with Gasteiger partial charge in [0.25, 0.3) is 0 Å². The minimum Gasteiger partial charge on any atom is -0.383 e. The molecule has 1 aromatic rings. The molecule has 0 aliphatic heterocycles. The fourth-order valence-electron chi connectivity index (χ4n) is 2.49. The molecule has 0 bridgehead atoms. The molecule has 4 heteroatoms. The van der Waals surface area contributed by atoms with E-state index in [0.717, 1.165) is 6.54 Å². The molecule has 0 radical (unpaired) electrons. The molecule has 110 valence electrons. The summed E-state index contributed by atoms with van der Waals surface area (Å²) in [5.41, 5.74) is 8.62. The maximum atomic E-state index is 8.84. The lowest BCUT2D eigenvalue weighted by atomic mass is 9.97. The first kappa shape index (κ1) is 16.6. The maximum Gasteiger partial charge on any atom is 0.0635 e. The normalized spacial score (nSPS) is 14.0. The monoisotopic (exact) mass is 275 g/mol. The van der Waals surface area contributed by atoms with Crippen molar-refractivity contribution in [2.45, 2.75) is 32.4 Å². The van der Waals surface area contributed by atoms with Crippen LogP contribution in [0.5, 0.6) is 0 Å². The van der Waals surface area contributed by atoms with E-state index in [4.69, 9.17) is 15.7 Å². The van der Waals surface area contributed by atoms with Crippen molar-refractivity contribution >= 4 is 0 Å². The number of hydrogen-bond acceptors (Lipinski definition) is 4. The van der Waals surface area contributed by atoms with Crippen LogP contribution in [0.25, 0.3) is 0 Å². The number of ether oxygens (including phenoxy) is 1. The number of methoxy groups -OCH3 is 1. The molecule has 0 aliphatic carbocycles. The van der Waals surface area contributed by atoms with E-state index in [-0.39, 0.29) is 12.1 Å². The summed E-state index contributed by atoms with van der Waals surface area (Å²) in [7, 11) is 1.69. The minimum atomic E-state index is -0.00708. The van der Waals surface area contributed by atoms with E-state index in [1.165, 1.54) is 11.1 Å². The highest BCUT2D eigenvalue weighted by Crippen LogP contribution is 2.24. The van der Waals surface area contributed by atoms with Gasteiger partial charge in [-0.1, -0.05) is 29.8 Å². The zero-order chi connectivity index (χ0) is 15.0. The number of nitrogens with zero attached hydrogens (tertiary/aromatic N) is 2.